The highest BCUT2D eigenvalue weighted by Crippen LogP contribution is 2.03. The summed E-state index contributed by atoms with van der Waals surface area (Å²) in [6.07, 6.45) is 3.59. The topological polar surface area (TPSA) is 12.9 Å². The highest BCUT2D eigenvalue weighted by molar-refractivity contribution is 6.17. The lowest BCUT2D eigenvalue weighted by Crippen LogP contribution is -1.81. The number of hydrogen-bond donors (Lipinski definition) is 0. The van der Waals surface area contributed by atoms with E-state index in [9.17, 15) is 0 Å². The molecule has 0 atom stereocenters. The Morgan fingerprint density at radius 2 is 2.20 bits per heavy atom. The van der Waals surface area contributed by atoms with Gasteiger partial charge in [0.2, 0.25) is 0 Å². The number of alkyl halides is 1. The Morgan fingerprint density at radius 3 is 2.60 bits per heavy atom. The molecule has 0 aliphatic heterocycles. The van der Waals surface area contributed by atoms with E-state index in [1.165, 1.54) is 0 Å². The molecule has 0 aromatic carbocycles. The van der Waals surface area contributed by atoms with Gasteiger partial charge in [0.25, 0.3) is 0 Å². The summed E-state index contributed by atoms with van der Waals surface area (Å²) in [4.78, 5) is 3.97. The van der Waals surface area contributed by atoms with E-state index in [2.05, 4.69) is 4.98 Å². The van der Waals surface area contributed by atoms with Crippen molar-refractivity contribution >= 4 is 24.0 Å². The van der Waals surface area contributed by atoms with Gasteiger partial charge in [-0.3, -0.25) is 4.98 Å². The van der Waals surface area contributed by atoms with Gasteiger partial charge in [-0.25, -0.2) is 0 Å². The minimum Gasteiger partial charge on any atom is -0.264 e. The summed E-state index contributed by atoms with van der Waals surface area (Å²) in [7, 11) is 0. The summed E-state index contributed by atoms with van der Waals surface area (Å²) in [5, 5.41) is 0. The zero-order valence-electron chi connectivity index (χ0n) is 5.67. The second kappa shape index (κ2) is 4.53. The maximum absolute atomic E-state index is 5.56. The maximum atomic E-state index is 5.56. The summed E-state index contributed by atoms with van der Waals surface area (Å²) in [6.45, 7) is 2.00. The van der Waals surface area contributed by atoms with Crippen molar-refractivity contribution in [3.63, 3.8) is 0 Å². The van der Waals surface area contributed by atoms with Crippen LogP contribution in [-0.4, -0.2) is 4.98 Å². The second-order valence-electron chi connectivity index (χ2n) is 2.00. The van der Waals surface area contributed by atoms with Gasteiger partial charge in [0.15, 0.2) is 0 Å². The van der Waals surface area contributed by atoms with E-state index < -0.39 is 0 Å². The van der Waals surface area contributed by atoms with Crippen molar-refractivity contribution in [2.24, 2.45) is 0 Å². The fraction of sp³-hybridized carbons (Fsp3) is 0.286. The highest BCUT2D eigenvalue weighted by Gasteiger charge is 1.88. The molecule has 1 rings (SSSR count). The second-order valence-corrected chi connectivity index (χ2v) is 2.27. The molecule has 0 aliphatic carbocycles. The number of aryl methyl sites for hydroxylation is 1. The zero-order valence-corrected chi connectivity index (χ0v) is 7.25. The Kier molecular flexibility index (Phi) is 4.41. The van der Waals surface area contributed by atoms with Crippen LogP contribution in [-0.2, 0) is 5.88 Å². The number of nitrogens with zero attached hydrogens (tertiary/aromatic N) is 1. The van der Waals surface area contributed by atoms with Crippen LogP contribution in [0.4, 0.5) is 0 Å². The molecule has 0 saturated heterocycles. The Labute approximate surface area is 71.8 Å². The van der Waals surface area contributed by atoms with Crippen molar-refractivity contribution in [1.29, 1.82) is 0 Å². The molecule has 1 aromatic rings. The van der Waals surface area contributed by atoms with Crippen LogP contribution in [0, 0.1) is 6.92 Å². The molecule has 0 spiro atoms. The van der Waals surface area contributed by atoms with Crippen molar-refractivity contribution in [3.05, 3.63) is 29.6 Å². The van der Waals surface area contributed by atoms with Gasteiger partial charge in [0, 0.05) is 18.3 Å². The SMILES string of the molecule is Cc1cncc(CCl)c1.Cl. The lowest BCUT2D eigenvalue weighted by atomic mass is 10.2. The van der Waals surface area contributed by atoms with Crippen LogP contribution in [0.2, 0.25) is 0 Å². The van der Waals surface area contributed by atoms with Gasteiger partial charge in [0.1, 0.15) is 0 Å². The lowest BCUT2D eigenvalue weighted by molar-refractivity contribution is 1.20. The molecular formula is C7H9Cl2N. The number of aromatic nitrogens is 1. The molecule has 10 heavy (non-hydrogen) atoms. The standard InChI is InChI=1S/C7H8ClN.ClH/c1-6-2-7(3-8)5-9-4-6;/h2,4-5H,3H2,1H3;1H. The van der Waals surface area contributed by atoms with Crippen LogP contribution in [0.15, 0.2) is 18.5 Å². The smallest absolute Gasteiger partial charge is 0.0489 e. The van der Waals surface area contributed by atoms with Crippen molar-refractivity contribution < 1.29 is 0 Å². The molecule has 0 amide bonds. The number of pyridine rings is 1. The third-order valence-corrected chi connectivity index (χ3v) is 1.39. The van der Waals surface area contributed by atoms with E-state index in [-0.39, 0.29) is 12.4 Å². The molecular weight excluding hydrogens is 169 g/mol. The first-order valence-corrected chi connectivity index (χ1v) is 3.33. The number of halogens is 2. The van der Waals surface area contributed by atoms with Gasteiger partial charge in [-0.05, 0) is 18.1 Å². The Bertz CT molecular complexity index is 201. The van der Waals surface area contributed by atoms with Crippen LogP contribution < -0.4 is 0 Å². The Balaban J connectivity index is 0.000000810. The average molecular weight is 178 g/mol. The van der Waals surface area contributed by atoms with E-state index in [4.69, 9.17) is 11.6 Å². The maximum Gasteiger partial charge on any atom is 0.0489 e. The normalized spacial score (nSPS) is 8.60. The predicted molar refractivity (Wildman–Crippen MR) is 45.8 cm³/mol. The molecule has 0 unspecified atom stereocenters. The Hall–Kier alpha value is -0.270. The third-order valence-electron chi connectivity index (χ3n) is 1.09. The molecule has 0 bridgehead atoms. The zero-order chi connectivity index (χ0) is 6.69. The summed E-state index contributed by atoms with van der Waals surface area (Å²) in [5.74, 6) is 0.550. The molecule has 3 heteroatoms. The highest BCUT2D eigenvalue weighted by atomic mass is 35.5. The molecule has 0 fully saturated rings. The van der Waals surface area contributed by atoms with Crippen molar-refractivity contribution in [2.45, 2.75) is 12.8 Å². The van der Waals surface area contributed by atoms with E-state index >= 15 is 0 Å². The first kappa shape index (κ1) is 9.73. The summed E-state index contributed by atoms with van der Waals surface area (Å²) >= 11 is 5.56. The van der Waals surface area contributed by atoms with Gasteiger partial charge in [0.05, 0.1) is 0 Å². The van der Waals surface area contributed by atoms with E-state index in [0.29, 0.717) is 5.88 Å². The largest absolute Gasteiger partial charge is 0.264 e. The lowest BCUT2D eigenvalue weighted by Gasteiger charge is -1.93. The Morgan fingerprint density at radius 1 is 1.50 bits per heavy atom. The van der Waals surface area contributed by atoms with E-state index in [0.717, 1.165) is 11.1 Å². The quantitative estimate of drug-likeness (QED) is 0.602. The molecule has 1 nitrogen and oxygen atoms in total. The van der Waals surface area contributed by atoms with Gasteiger partial charge < -0.3 is 0 Å². The third kappa shape index (κ3) is 2.54. The van der Waals surface area contributed by atoms with Crippen molar-refractivity contribution in [1.82, 2.24) is 4.98 Å². The van der Waals surface area contributed by atoms with Gasteiger partial charge in [-0.15, -0.1) is 24.0 Å². The average Bonchev–Trinajstić information content (AvgIpc) is 1.88. The van der Waals surface area contributed by atoms with Gasteiger partial charge in [-0.2, -0.15) is 0 Å². The van der Waals surface area contributed by atoms with Crippen LogP contribution >= 0.6 is 24.0 Å². The van der Waals surface area contributed by atoms with Crippen molar-refractivity contribution in [3.8, 4) is 0 Å². The summed E-state index contributed by atoms with van der Waals surface area (Å²) in [6, 6.07) is 2.03. The van der Waals surface area contributed by atoms with Crippen LogP contribution in [0.1, 0.15) is 11.1 Å². The molecule has 0 radical (unpaired) electrons. The number of hydrogen-bond acceptors (Lipinski definition) is 1. The first-order chi connectivity index (χ1) is 4.33. The monoisotopic (exact) mass is 177 g/mol. The minimum absolute atomic E-state index is 0. The fourth-order valence-electron chi connectivity index (χ4n) is 0.691. The van der Waals surface area contributed by atoms with Gasteiger partial charge >= 0.3 is 0 Å². The van der Waals surface area contributed by atoms with Crippen LogP contribution in [0.3, 0.4) is 0 Å². The van der Waals surface area contributed by atoms with E-state index in [1.807, 2.05) is 19.2 Å². The van der Waals surface area contributed by atoms with Crippen molar-refractivity contribution in [2.75, 3.05) is 0 Å². The molecule has 0 saturated carbocycles. The van der Waals surface area contributed by atoms with Crippen LogP contribution in [0.25, 0.3) is 0 Å². The molecule has 0 aliphatic rings. The fourth-order valence-corrected chi connectivity index (χ4v) is 0.837. The molecule has 1 aromatic heterocycles. The molecule has 56 valence electrons. The number of rotatable bonds is 1. The van der Waals surface area contributed by atoms with Crippen LogP contribution in [0.5, 0.6) is 0 Å². The summed E-state index contributed by atoms with van der Waals surface area (Å²) in [5.41, 5.74) is 2.24. The molecule has 1 heterocycles. The predicted octanol–water partition coefficient (Wildman–Crippen LogP) is 2.55. The first-order valence-electron chi connectivity index (χ1n) is 2.79. The van der Waals surface area contributed by atoms with E-state index in [1.54, 1.807) is 6.20 Å². The summed E-state index contributed by atoms with van der Waals surface area (Å²) < 4.78 is 0. The molecule has 0 N–H and O–H groups in total. The minimum atomic E-state index is 0. The van der Waals surface area contributed by atoms with Gasteiger partial charge in [-0.1, -0.05) is 6.07 Å².